The van der Waals surface area contributed by atoms with Crippen molar-refractivity contribution in [2.75, 3.05) is 26.2 Å². The summed E-state index contributed by atoms with van der Waals surface area (Å²) in [6.45, 7) is 0. The second kappa shape index (κ2) is 12.5. The van der Waals surface area contributed by atoms with E-state index in [0.29, 0.717) is 46.1 Å². The second-order valence-electron chi connectivity index (χ2n) is 10.5. The molecule has 5 rings (SSSR count). The van der Waals surface area contributed by atoms with E-state index in [4.69, 9.17) is 19.2 Å². The Morgan fingerprint density at radius 1 is 0.884 bits per heavy atom. The number of Topliss-reactive ketones (excluding diaryl/α,β-unsaturated/α-hetero) is 1. The highest BCUT2D eigenvalue weighted by molar-refractivity contribution is 6.13. The minimum Gasteiger partial charge on any atom is -0.493 e. The number of para-hydroxylation sites is 2. The lowest BCUT2D eigenvalue weighted by molar-refractivity contribution is -0.138. The molecule has 0 spiro atoms. The molecule has 43 heavy (non-hydrogen) atoms. The molecule has 1 N–H and O–H groups in total. The molecule has 3 unspecified atom stereocenters. The van der Waals surface area contributed by atoms with Gasteiger partial charge >= 0.3 is 11.9 Å². The fourth-order valence-electron chi connectivity index (χ4n) is 5.94. The lowest BCUT2D eigenvalue weighted by Gasteiger charge is -2.39. The van der Waals surface area contributed by atoms with Crippen LogP contribution in [0.3, 0.4) is 0 Å². The fraction of sp³-hybridized carbons (Fsp3) is 0.303. The van der Waals surface area contributed by atoms with Gasteiger partial charge < -0.3 is 24.2 Å². The van der Waals surface area contributed by atoms with Gasteiger partial charge in [-0.3, -0.25) is 19.4 Å². The summed E-state index contributed by atoms with van der Waals surface area (Å²) in [5.74, 6) is -1.99. The predicted molar refractivity (Wildman–Crippen MR) is 158 cm³/mol. The van der Waals surface area contributed by atoms with E-state index in [9.17, 15) is 24.3 Å². The fourth-order valence-corrected chi connectivity index (χ4v) is 5.94. The average Bonchev–Trinajstić information content (AvgIpc) is 3.17. The monoisotopic (exact) mass is 584 g/mol. The Kier molecular flexibility index (Phi) is 8.56. The number of ether oxygens (including phenoxy) is 3. The number of methoxy groups -OCH3 is 3. The molecule has 222 valence electrons. The first kappa shape index (κ1) is 29.5. The van der Waals surface area contributed by atoms with Crippen molar-refractivity contribution in [1.82, 2.24) is 0 Å². The van der Waals surface area contributed by atoms with Crippen molar-refractivity contribution < 1.29 is 38.5 Å². The average molecular weight is 585 g/mol. The molecule has 0 bridgehead atoms. The van der Waals surface area contributed by atoms with E-state index in [-0.39, 0.29) is 31.0 Å². The molecule has 1 amide bonds. The zero-order valence-electron chi connectivity index (χ0n) is 24.1. The number of anilines is 1. The van der Waals surface area contributed by atoms with Gasteiger partial charge in [0.05, 0.1) is 56.6 Å². The Bertz CT molecular complexity index is 1600. The number of amides is 1. The highest BCUT2D eigenvalue weighted by atomic mass is 16.5. The van der Waals surface area contributed by atoms with Gasteiger partial charge in [-0.25, -0.2) is 4.79 Å². The molecule has 1 heterocycles. The maximum Gasteiger partial charge on any atom is 0.337 e. The first-order valence-corrected chi connectivity index (χ1v) is 13.9. The molecule has 3 aromatic carbocycles. The van der Waals surface area contributed by atoms with Crippen molar-refractivity contribution in [3.8, 4) is 11.5 Å². The molecule has 0 radical (unpaired) electrons. The lowest BCUT2D eigenvalue weighted by atomic mass is 9.72. The van der Waals surface area contributed by atoms with Gasteiger partial charge in [-0.1, -0.05) is 30.3 Å². The van der Waals surface area contributed by atoms with Crippen LogP contribution < -0.4 is 14.4 Å². The number of rotatable bonds is 8. The molecule has 1 fully saturated rings. The minimum absolute atomic E-state index is 0.101. The van der Waals surface area contributed by atoms with Crippen LogP contribution in [0.25, 0.3) is 0 Å². The van der Waals surface area contributed by atoms with Gasteiger partial charge in [0.2, 0.25) is 5.91 Å². The molecule has 3 atom stereocenters. The number of aliphatic imine (C=N–C) groups is 1. The summed E-state index contributed by atoms with van der Waals surface area (Å²) in [7, 11) is 4.41. The van der Waals surface area contributed by atoms with E-state index in [1.54, 1.807) is 62.8 Å². The first-order valence-electron chi connectivity index (χ1n) is 13.9. The van der Waals surface area contributed by atoms with Crippen molar-refractivity contribution in [3.05, 3.63) is 83.4 Å². The number of benzene rings is 3. The van der Waals surface area contributed by atoms with E-state index in [1.165, 1.54) is 12.0 Å². The molecule has 2 aliphatic rings. The van der Waals surface area contributed by atoms with Gasteiger partial charge in [0.1, 0.15) is 5.78 Å². The van der Waals surface area contributed by atoms with Crippen LogP contribution >= 0.6 is 0 Å². The van der Waals surface area contributed by atoms with Crippen LogP contribution in [0.1, 0.15) is 59.1 Å². The summed E-state index contributed by atoms with van der Waals surface area (Å²) in [6.07, 6.45) is 0.0294. The molecular formula is C33H32N2O8. The van der Waals surface area contributed by atoms with Gasteiger partial charge in [0.15, 0.2) is 11.5 Å². The minimum atomic E-state index is -1.10. The van der Waals surface area contributed by atoms with Crippen molar-refractivity contribution in [3.63, 3.8) is 0 Å². The summed E-state index contributed by atoms with van der Waals surface area (Å²) in [5.41, 5.74) is 3.46. The molecule has 10 heteroatoms. The van der Waals surface area contributed by atoms with Crippen LogP contribution in [-0.4, -0.2) is 55.8 Å². The zero-order chi connectivity index (χ0) is 30.7. The van der Waals surface area contributed by atoms with E-state index in [2.05, 4.69) is 0 Å². The SMILES string of the molecule is COC(=O)c1ccc(C2C3C(=O)CC(c4ccc(OC)c(OC)c4)CC3=Nc3ccccc3N2C(=O)CCC(=O)O)cc1. The Morgan fingerprint density at radius 3 is 2.26 bits per heavy atom. The largest absolute Gasteiger partial charge is 0.493 e. The van der Waals surface area contributed by atoms with Crippen molar-refractivity contribution in [2.45, 2.75) is 37.6 Å². The number of fused-ring (bicyclic) bond motifs is 2. The molecule has 1 aliphatic heterocycles. The van der Waals surface area contributed by atoms with Crippen LogP contribution in [0.15, 0.2) is 71.7 Å². The molecule has 0 aromatic heterocycles. The number of carboxylic acid groups (broad SMARTS) is 1. The van der Waals surface area contributed by atoms with E-state index < -0.39 is 29.8 Å². The quantitative estimate of drug-likeness (QED) is 0.354. The Morgan fingerprint density at radius 2 is 1.58 bits per heavy atom. The van der Waals surface area contributed by atoms with Crippen molar-refractivity contribution in [2.24, 2.45) is 10.9 Å². The standard InChI is InChI=1S/C33H32N2O8/c1-41-27-13-12-21(18-28(27)42-2)22-16-24-31(26(36)17-22)32(19-8-10-20(11-9-19)33(40)43-3)35(29(37)14-15-30(38)39)25-7-5-4-6-23(25)34-24/h4-13,18,22,31-32H,14-17H2,1-3H3,(H,38,39). The third-order valence-electron chi connectivity index (χ3n) is 7.98. The van der Waals surface area contributed by atoms with Crippen molar-refractivity contribution >= 4 is 40.7 Å². The van der Waals surface area contributed by atoms with Gasteiger partial charge in [-0.15, -0.1) is 0 Å². The Labute approximate surface area is 248 Å². The molecule has 10 nitrogen and oxygen atoms in total. The van der Waals surface area contributed by atoms with Crippen LogP contribution in [0, 0.1) is 5.92 Å². The van der Waals surface area contributed by atoms with Gasteiger partial charge in [-0.05, 0) is 59.9 Å². The van der Waals surface area contributed by atoms with E-state index >= 15 is 0 Å². The number of aliphatic carboxylic acids is 1. The van der Waals surface area contributed by atoms with Gasteiger partial charge in [0, 0.05) is 18.6 Å². The van der Waals surface area contributed by atoms with Crippen molar-refractivity contribution in [1.29, 1.82) is 0 Å². The third kappa shape index (κ3) is 5.86. The molecule has 1 aliphatic carbocycles. The van der Waals surface area contributed by atoms with Gasteiger partial charge in [0.25, 0.3) is 0 Å². The summed E-state index contributed by atoms with van der Waals surface area (Å²) in [4.78, 5) is 58.1. The molecular weight excluding hydrogens is 552 g/mol. The maximum absolute atomic E-state index is 14.2. The number of hydrogen-bond acceptors (Lipinski definition) is 8. The number of hydrogen-bond donors (Lipinski definition) is 1. The highest BCUT2D eigenvalue weighted by Gasteiger charge is 2.46. The number of esters is 1. The molecule has 1 saturated carbocycles. The summed E-state index contributed by atoms with van der Waals surface area (Å²) < 4.78 is 15.7. The van der Waals surface area contributed by atoms with E-state index in [1.807, 2.05) is 18.2 Å². The number of ketones is 1. The molecule has 3 aromatic rings. The van der Waals surface area contributed by atoms with E-state index in [0.717, 1.165) is 5.56 Å². The maximum atomic E-state index is 14.2. The topological polar surface area (TPSA) is 132 Å². The lowest BCUT2D eigenvalue weighted by Crippen LogP contribution is -2.45. The summed E-state index contributed by atoms with van der Waals surface area (Å²) >= 11 is 0. The van der Waals surface area contributed by atoms with Crippen LogP contribution in [0.2, 0.25) is 0 Å². The highest BCUT2D eigenvalue weighted by Crippen LogP contribution is 2.48. The number of nitrogens with zero attached hydrogens (tertiary/aromatic N) is 2. The summed E-state index contributed by atoms with van der Waals surface area (Å²) in [6, 6.07) is 18.5. The Hall–Kier alpha value is -4.99. The number of carbonyl (C=O) groups is 4. The van der Waals surface area contributed by atoms with Crippen LogP contribution in [0.5, 0.6) is 11.5 Å². The third-order valence-corrected chi connectivity index (χ3v) is 7.98. The van der Waals surface area contributed by atoms with Gasteiger partial charge in [-0.2, -0.15) is 0 Å². The van der Waals surface area contributed by atoms with Crippen LogP contribution in [-0.2, 0) is 19.1 Å². The second-order valence-corrected chi connectivity index (χ2v) is 10.5. The summed E-state index contributed by atoms with van der Waals surface area (Å²) in [5, 5.41) is 9.33. The zero-order valence-corrected chi connectivity index (χ0v) is 24.1. The predicted octanol–water partition coefficient (Wildman–Crippen LogP) is 5.28. The normalized spacial score (nSPS) is 19.3. The Balaban J connectivity index is 1.63. The first-order chi connectivity index (χ1) is 20.7. The smallest absolute Gasteiger partial charge is 0.337 e. The molecule has 0 saturated heterocycles. The number of carboxylic acids is 1. The van der Waals surface area contributed by atoms with Crippen LogP contribution in [0.4, 0.5) is 11.4 Å². The number of carbonyl (C=O) groups excluding carboxylic acids is 3.